The van der Waals surface area contributed by atoms with Gasteiger partial charge < -0.3 is 9.80 Å². The zero-order valence-corrected chi connectivity index (χ0v) is 19.4. The average Bonchev–Trinajstić information content (AvgIpc) is 2.80. The van der Waals surface area contributed by atoms with Crippen molar-refractivity contribution in [1.82, 2.24) is 19.9 Å². The van der Waals surface area contributed by atoms with E-state index in [0.717, 1.165) is 53.8 Å². The summed E-state index contributed by atoms with van der Waals surface area (Å²) < 4.78 is 0. The zero-order chi connectivity index (χ0) is 22.7. The summed E-state index contributed by atoms with van der Waals surface area (Å²) in [4.78, 5) is 31.2. The number of likely N-dealkylation sites (tertiary alicyclic amines) is 1. The van der Waals surface area contributed by atoms with Crippen LogP contribution < -0.4 is 4.90 Å². The van der Waals surface area contributed by atoms with Gasteiger partial charge in [-0.1, -0.05) is 29.8 Å². The Kier molecular flexibility index (Phi) is 6.49. The van der Waals surface area contributed by atoms with Gasteiger partial charge >= 0.3 is 0 Å². The Balaban J connectivity index is 1.73. The van der Waals surface area contributed by atoms with E-state index in [1.54, 1.807) is 6.20 Å². The van der Waals surface area contributed by atoms with E-state index in [9.17, 15) is 4.79 Å². The van der Waals surface area contributed by atoms with Crippen LogP contribution in [-0.2, 0) is 11.2 Å². The van der Waals surface area contributed by atoms with Crippen LogP contribution in [-0.4, -0.2) is 46.4 Å². The maximum atomic E-state index is 13.4. The number of aryl methyl sites for hydroxylation is 2. The van der Waals surface area contributed by atoms with Crippen LogP contribution in [0.15, 0.2) is 48.9 Å². The first kappa shape index (κ1) is 21.9. The van der Waals surface area contributed by atoms with Crippen LogP contribution in [0.1, 0.15) is 47.7 Å². The topological polar surface area (TPSA) is 62.2 Å². The molecule has 6 heteroatoms. The number of hydrogen-bond donors (Lipinski definition) is 0. The molecular formula is C26H31N5O. The molecule has 0 spiro atoms. The van der Waals surface area contributed by atoms with Gasteiger partial charge in [0.15, 0.2) is 0 Å². The number of pyridine rings is 1. The van der Waals surface area contributed by atoms with Gasteiger partial charge in [-0.15, -0.1) is 0 Å². The SMILES string of the molecule is Cc1ccc(CC(=O)N2CCCCC2c2nc(N(C)C)ncc2-c2ccncc2C)cc1. The third kappa shape index (κ3) is 4.64. The van der Waals surface area contributed by atoms with Crippen molar-refractivity contribution in [2.45, 2.75) is 45.6 Å². The highest BCUT2D eigenvalue weighted by Gasteiger charge is 2.31. The molecule has 1 aromatic carbocycles. The van der Waals surface area contributed by atoms with Gasteiger partial charge in [-0.3, -0.25) is 9.78 Å². The van der Waals surface area contributed by atoms with Crippen LogP contribution in [0.4, 0.5) is 5.95 Å². The maximum Gasteiger partial charge on any atom is 0.227 e. The van der Waals surface area contributed by atoms with E-state index in [1.165, 1.54) is 5.56 Å². The van der Waals surface area contributed by atoms with Gasteiger partial charge in [0.1, 0.15) is 0 Å². The number of benzene rings is 1. The number of amides is 1. The molecule has 1 saturated heterocycles. The molecule has 1 fully saturated rings. The standard InChI is InChI=1S/C26H31N5O/c1-18-8-10-20(11-9-18)15-24(32)31-14-6-5-7-23(31)25-22(17-28-26(29-25)30(3)4)21-12-13-27-16-19(21)2/h8-13,16-17,23H,5-7,14-15H2,1-4H3. The molecule has 3 heterocycles. The van der Waals surface area contributed by atoms with Gasteiger partial charge in [0, 0.05) is 44.8 Å². The number of hydrogen-bond acceptors (Lipinski definition) is 5. The molecule has 0 bridgehead atoms. The Labute approximate surface area is 190 Å². The van der Waals surface area contributed by atoms with Crippen molar-refractivity contribution in [2.75, 3.05) is 25.5 Å². The Morgan fingerprint density at radius 3 is 2.56 bits per heavy atom. The number of nitrogens with zero attached hydrogens (tertiary/aromatic N) is 5. The maximum absolute atomic E-state index is 13.4. The highest BCUT2D eigenvalue weighted by Crippen LogP contribution is 2.37. The second-order valence-corrected chi connectivity index (χ2v) is 8.82. The minimum absolute atomic E-state index is 0.0639. The van der Waals surface area contributed by atoms with E-state index in [1.807, 2.05) is 61.4 Å². The molecule has 1 atom stereocenters. The van der Waals surface area contributed by atoms with Crippen molar-refractivity contribution in [3.8, 4) is 11.1 Å². The molecule has 6 nitrogen and oxygen atoms in total. The number of anilines is 1. The van der Waals surface area contributed by atoms with Crippen LogP contribution in [0.3, 0.4) is 0 Å². The van der Waals surface area contributed by atoms with Crippen LogP contribution in [0, 0.1) is 13.8 Å². The molecule has 1 amide bonds. The number of piperidine rings is 1. The fourth-order valence-corrected chi connectivity index (χ4v) is 4.33. The van der Waals surface area contributed by atoms with E-state index in [4.69, 9.17) is 4.98 Å². The summed E-state index contributed by atoms with van der Waals surface area (Å²) in [5.41, 5.74) is 6.30. The average molecular weight is 430 g/mol. The molecule has 0 aliphatic carbocycles. The number of aromatic nitrogens is 3. The second kappa shape index (κ2) is 9.47. The lowest BCUT2D eigenvalue weighted by Crippen LogP contribution is -2.40. The largest absolute Gasteiger partial charge is 0.347 e. The van der Waals surface area contributed by atoms with Gasteiger partial charge in [-0.25, -0.2) is 9.97 Å². The molecule has 1 aliphatic heterocycles. The van der Waals surface area contributed by atoms with Crippen molar-refractivity contribution in [1.29, 1.82) is 0 Å². The first-order valence-corrected chi connectivity index (χ1v) is 11.2. The second-order valence-electron chi connectivity index (χ2n) is 8.82. The molecule has 166 valence electrons. The van der Waals surface area contributed by atoms with Crippen molar-refractivity contribution in [3.05, 3.63) is 71.3 Å². The molecule has 1 aliphatic rings. The normalized spacial score (nSPS) is 16.1. The highest BCUT2D eigenvalue weighted by atomic mass is 16.2. The summed E-state index contributed by atoms with van der Waals surface area (Å²) >= 11 is 0. The third-order valence-corrected chi connectivity index (χ3v) is 6.13. The van der Waals surface area contributed by atoms with E-state index in [0.29, 0.717) is 12.4 Å². The fourth-order valence-electron chi connectivity index (χ4n) is 4.33. The van der Waals surface area contributed by atoms with Crippen LogP contribution in [0.5, 0.6) is 0 Å². The van der Waals surface area contributed by atoms with E-state index in [2.05, 4.69) is 29.0 Å². The van der Waals surface area contributed by atoms with Gasteiger partial charge in [-0.05, 0) is 55.9 Å². The van der Waals surface area contributed by atoms with E-state index < -0.39 is 0 Å². The Morgan fingerprint density at radius 1 is 1.06 bits per heavy atom. The van der Waals surface area contributed by atoms with Gasteiger partial charge in [0.25, 0.3) is 0 Å². The molecule has 1 unspecified atom stereocenters. The minimum atomic E-state index is -0.0639. The van der Waals surface area contributed by atoms with Crippen molar-refractivity contribution in [3.63, 3.8) is 0 Å². The summed E-state index contributed by atoms with van der Waals surface area (Å²) in [6, 6.07) is 10.2. The van der Waals surface area contributed by atoms with Crippen LogP contribution in [0.2, 0.25) is 0 Å². The first-order valence-electron chi connectivity index (χ1n) is 11.2. The monoisotopic (exact) mass is 429 g/mol. The van der Waals surface area contributed by atoms with Crippen LogP contribution in [0.25, 0.3) is 11.1 Å². The molecule has 0 saturated carbocycles. The molecule has 0 N–H and O–H groups in total. The summed E-state index contributed by atoms with van der Waals surface area (Å²) in [7, 11) is 3.88. The molecule has 4 rings (SSSR count). The van der Waals surface area contributed by atoms with Crippen molar-refractivity contribution >= 4 is 11.9 Å². The summed E-state index contributed by atoms with van der Waals surface area (Å²) in [6.45, 7) is 4.87. The quantitative estimate of drug-likeness (QED) is 0.597. The van der Waals surface area contributed by atoms with Crippen molar-refractivity contribution in [2.24, 2.45) is 0 Å². The molecule has 32 heavy (non-hydrogen) atoms. The Bertz CT molecular complexity index is 1090. The van der Waals surface area contributed by atoms with Crippen LogP contribution >= 0.6 is 0 Å². The predicted octanol–water partition coefficient (Wildman–Crippen LogP) is 4.52. The number of carbonyl (C=O) groups excluding carboxylic acids is 1. The zero-order valence-electron chi connectivity index (χ0n) is 19.4. The highest BCUT2D eigenvalue weighted by molar-refractivity contribution is 5.80. The van der Waals surface area contributed by atoms with E-state index >= 15 is 0 Å². The smallest absolute Gasteiger partial charge is 0.227 e. The van der Waals surface area contributed by atoms with Gasteiger partial charge in [0.05, 0.1) is 18.2 Å². The first-order chi connectivity index (χ1) is 15.4. The summed E-state index contributed by atoms with van der Waals surface area (Å²) in [6.07, 6.45) is 8.97. The Hall–Kier alpha value is -3.28. The lowest BCUT2D eigenvalue weighted by atomic mass is 9.92. The lowest BCUT2D eigenvalue weighted by Gasteiger charge is -2.36. The van der Waals surface area contributed by atoms with E-state index in [-0.39, 0.29) is 11.9 Å². The molecular weight excluding hydrogens is 398 g/mol. The predicted molar refractivity (Wildman–Crippen MR) is 128 cm³/mol. The molecule has 3 aromatic rings. The van der Waals surface area contributed by atoms with Gasteiger partial charge in [0.2, 0.25) is 11.9 Å². The molecule has 0 radical (unpaired) electrons. The lowest BCUT2D eigenvalue weighted by molar-refractivity contribution is -0.134. The minimum Gasteiger partial charge on any atom is -0.347 e. The number of rotatable bonds is 5. The summed E-state index contributed by atoms with van der Waals surface area (Å²) in [5.74, 6) is 0.813. The molecule has 2 aromatic heterocycles. The Morgan fingerprint density at radius 2 is 1.84 bits per heavy atom. The fraction of sp³-hybridized carbons (Fsp3) is 0.385. The summed E-state index contributed by atoms with van der Waals surface area (Å²) in [5, 5.41) is 0. The van der Waals surface area contributed by atoms with Gasteiger partial charge in [-0.2, -0.15) is 0 Å². The third-order valence-electron chi connectivity index (χ3n) is 6.13. The number of carbonyl (C=O) groups is 1. The van der Waals surface area contributed by atoms with Crippen molar-refractivity contribution < 1.29 is 4.79 Å².